The number of carbonyl (C=O) groups excluding carboxylic acids is 1. The normalized spacial score (nSPS) is 11.7. The summed E-state index contributed by atoms with van der Waals surface area (Å²) in [5, 5.41) is 15.8. The molecule has 7 nitrogen and oxygen atoms in total. The third-order valence-corrected chi connectivity index (χ3v) is 5.76. The Kier molecular flexibility index (Phi) is 7.97. The third kappa shape index (κ3) is 6.50. The van der Waals surface area contributed by atoms with Gasteiger partial charge in [0.2, 0.25) is 0 Å². The number of benzene rings is 2. The van der Waals surface area contributed by atoms with Gasteiger partial charge in [0.15, 0.2) is 0 Å². The van der Waals surface area contributed by atoms with Crippen molar-refractivity contribution in [2.45, 2.75) is 25.2 Å². The molecule has 9 heteroatoms. The monoisotopic (exact) mass is 460 g/mol. The molecule has 1 unspecified atom stereocenters. The molecular formula is C22H21ClN2O5S. The smallest absolute Gasteiger partial charge is 0.412 e. The van der Waals surface area contributed by atoms with Crippen LogP contribution in [0.25, 0.3) is 11.3 Å². The molecule has 0 fully saturated rings. The van der Waals surface area contributed by atoms with Crippen LogP contribution in [0.4, 0.5) is 10.5 Å². The van der Waals surface area contributed by atoms with E-state index in [1.165, 1.54) is 6.26 Å². The highest BCUT2D eigenvalue weighted by Gasteiger charge is 2.18. The zero-order valence-corrected chi connectivity index (χ0v) is 18.3. The SMILES string of the molecule is CC(OC(=O)Nc1conc1-c1ccc(CSCCC(=O)O)cc1)c1ccccc1Cl. The second-order valence-electron chi connectivity index (χ2n) is 6.66. The number of rotatable bonds is 9. The van der Waals surface area contributed by atoms with Gasteiger partial charge in [-0.3, -0.25) is 10.1 Å². The minimum atomic E-state index is -0.798. The molecule has 0 saturated carbocycles. The third-order valence-electron chi connectivity index (χ3n) is 4.39. The van der Waals surface area contributed by atoms with E-state index in [-0.39, 0.29) is 6.42 Å². The number of amides is 1. The van der Waals surface area contributed by atoms with Crippen LogP contribution in [-0.4, -0.2) is 28.1 Å². The Bertz CT molecular complexity index is 1040. The summed E-state index contributed by atoms with van der Waals surface area (Å²) in [5.74, 6) is 0.473. The summed E-state index contributed by atoms with van der Waals surface area (Å²) < 4.78 is 10.5. The van der Waals surface area contributed by atoms with Crippen molar-refractivity contribution in [2.75, 3.05) is 11.1 Å². The highest BCUT2D eigenvalue weighted by atomic mass is 35.5. The summed E-state index contributed by atoms with van der Waals surface area (Å²) in [6.45, 7) is 1.74. The van der Waals surface area contributed by atoms with Crippen LogP contribution in [0.1, 0.15) is 30.6 Å². The van der Waals surface area contributed by atoms with Crippen LogP contribution in [0.2, 0.25) is 5.02 Å². The fourth-order valence-electron chi connectivity index (χ4n) is 2.81. The number of hydrogen-bond acceptors (Lipinski definition) is 6. The Labute approximate surface area is 188 Å². The van der Waals surface area contributed by atoms with Crippen LogP contribution in [0, 0.1) is 0 Å². The van der Waals surface area contributed by atoms with E-state index in [0.29, 0.717) is 33.5 Å². The van der Waals surface area contributed by atoms with Gasteiger partial charge in [0.05, 0.1) is 6.42 Å². The van der Waals surface area contributed by atoms with Gasteiger partial charge in [-0.25, -0.2) is 4.79 Å². The van der Waals surface area contributed by atoms with Gasteiger partial charge in [-0.2, -0.15) is 11.8 Å². The number of thioether (sulfide) groups is 1. The fourth-order valence-corrected chi connectivity index (χ4v) is 3.99. The lowest BCUT2D eigenvalue weighted by molar-refractivity contribution is -0.136. The first kappa shape index (κ1) is 22.7. The number of nitrogens with one attached hydrogen (secondary N) is 1. The molecule has 3 rings (SSSR count). The topological polar surface area (TPSA) is 102 Å². The van der Waals surface area contributed by atoms with E-state index in [0.717, 1.165) is 11.1 Å². The second kappa shape index (κ2) is 10.9. The Balaban J connectivity index is 1.59. The molecule has 1 heterocycles. The summed E-state index contributed by atoms with van der Waals surface area (Å²) >= 11 is 7.71. The maximum atomic E-state index is 12.3. The van der Waals surface area contributed by atoms with Crippen molar-refractivity contribution in [3.8, 4) is 11.3 Å². The fraction of sp³-hybridized carbons (Fsp3) is 0.227. The molecule has 0 bridgehead atoms. The highest BCUT2D eigenvalue weighted by molar-refractivity contribution is 7.98. The first-order valence-electron chi connectivity index (χ1n) is 9.49. The van der Waals surface area contributed by atoms with E-state index in [1.54, 1.807) is 30.8 Å². The number of hydrogen-bond donors (Lipinski definition) is 2. The Morgan fingerprint density at radius 3 is 2.68 bits per heavy atom. The van der Waals surface area contributed by atoms with Gasteiger partial charge in [0, 0.05) is 27.7 Å². The molecule has 2 aromatic carbocycles. The van der Waals surface area contributed by atoms with E-state index in [4.69, 9.17) is 26.0 Å². The molecule has 31 heavy (non-hydrogen) atoms. The number of anilines is 1. The van der Waals surface area contributed by atoms with Gasteiger partial charge in [-0.05, 0) is 18.6 Å². The van der Waals surface area contributed by atoms with Gasteiger partial charge in [-0.15, -0.1) is 0 Å². The summed E-state index contributed by atoms with van der Waals surface area (Å²) in [4.78, 5) is 22.9. The number of carbonyl (C=O) groups is 2. The second-order valence-corrected chi connectivity index (χ2v) is 8.18. The number of nitrogens with zero attached hydrogens (tertiary/aromatic N) is 1. The quantitative estimate of drug-likeness (QED) is 0.377. The molecule has 0 aliphatic rings. The van der Waals surface area contributed by atoms with Crippen LogP contribution in [-0.2, 0) is 15.3 Å². The lowest BCUT2D eigenvalue weighted by Gasteiger charge is -2.15. The molecule has 2 N–H and O–H groups in total. The Morgan fingerprint density at radius 2 is 1.97 bits per heavy atom. The minimum Gasteiger partial charge on any atom is -0.481 e. The number of halogens is 1. The summed E-state index contributed by atoms with van der Waals surface area (Å²) in [7, 11) is 0. The Hall–Kier alpha value is -2.97. The van der Waals surface area contributed by atoms with Crippen LogP contribution < -0.4 is 5.32 Å². The van der Waals surface area contributed by atoms with E-state index in [1.807, 2.05) is 36.4 Å². The molecule has 0 aliphatic carbocycles. The maximum Gasteiger partial charge on any atom is 0.412 e. The van der Waals surface area contributed by atoms with Crippen molar-refractivity contribution in [2.24, 2.45) is 0 Å². The molecule has 0 spiro atoms. The van der Waals surface area contributed by atoms with Crippen molar-refractivity contribution in [1.82, 2.24) is 5.16 Å². The van der Waals surface area contributed by atoms with E-state index in [2.05, 4.69) is 10.5 Å². The molecule has 0 aliphatic heterocycles. The molecule has 1 amide bonds. The number of carboxylic acids is 1. The van der Waals surface area contributed by atoms with Crippen molar-refractivity contribution >= 4 is 41.1 Å². The number of aromatic nitrogens is 1. The number of carboxylic acid groups (broad SMARTS) is 1. The van der Waals surface area contributed by atoms with E-state index in [9.17, 15) is 9.59 Å². The summed E-state index contributed by atoms with van der Waals surface area (Å²) in [6.07, 6.45) is 0.298. The molecule has 3 aromatic rings. The van der Waals surface area contributed by atoms with Gasteiger partial charge in [0.25, 0.3) is 0 Å². The van der Waals surface area contributed by atoms with Crippen molar-refractivity contribution in [3.63, 3.8) is 0 Å². The molecule has 162 valence electrons. The van der Waals surface area contributed by atoms with Gasteiger partial charge < -0.3 is 14.4 Å². The van der Waals surface area contributed by atoms with E-state index < -0.39 is 18.2 Å². The zero-order chi connectivity index (χ0) is 22.2. The Morgan fingerprint density at radius 1 is 1.23 bits per heavy atom. The van der Waals surface area contributed by atoms with Gasteiger partial charge in [-0.1, -0.05) is 59.2 Å². The molecule has 1 atom stereocenters. The largest absolute Gasteiger partial charge is 0.481 e. The minimum absolute atomic E-state index is 0.141. The average molecular weight is 461 g/mol. The lowest BCUT2D eigenvalue weighted by atomic mass is 10.1. The summed E-state index contributed by atoms with van der Waals surface area (Å²) in [5.41, 5.74) is 3.40. The number of ether oxygens (including phenoxy) is 1. The highest BCUT2D eigenvalue weighted by Crippen LogP contribution is 2.29. The predicted octanol–water partition coefficient (Wildman–Crippen LogP) is 6.01. The zero-order valence-electron chi connectivity index (χ0n) is 16.7. The molecule has 0 radical (unpaired) electrons. The summed E-state index contributed by atoms with van der Waals surface area (Å²) in [6, 6.07) is 14.8. The van der Waals surface area contributed by atoms with Gasteiger partial charge >= 0.3 is 12.1 Å². The van der Waals surface area contributed by atoms with Crippen LogP contribution >= 0.6 is 23.4 Å². The van der Waals surface area contributed by atoms with Crippen molar-refractivity contribution in [1.29, 1.82) is 0 Å². The number of aliphatic carboxylic acids is 1. The first-order chi connectivity index (χ1) is 14.9. The van der Waals surface area contributed by atoms with E-state index >= 15 is 0 Å². The van der Waals surface area contributed by atoms with Crippen LogP contribution in [0.5, 0.6) is 0 Å². The first-order valence-corrected chi connectivity index (χ1v) is 11.0. The van der Waals surface area contributed by atoms with Crippen LogP contribution in [0.3, 0.4) is 0 Å². The standard InChI is InChI=1S/C22H21ClN2O5S/c1-14(17-4-2-3-5-18(17)23)30-22(28)24-19-12-29-25-21(19)16-8-6-15(7-9-16)13-31-11-10-20(26)27/h2-9,12,14H,10-11,13H2,1H3,(H,24,28)(H,26,27). The maximum absolute atomic E-state index is 12.3. The predicted molar refractivity (Wildman–Crippen MR) is 120 cm³/mol. The average Bonchev–Trinajstić information content (AvgIpc) is 3.19. The van der Waals surface area contributed by atoms with Crippen LogP contribution in [0.15, 0.2) is 59.3 Å². The van der Waals surface area contributed by atoms with Crippen molar-refractivity contribution in [3.05, 3.63) is 70.9 Å². The van der Waals surface area contributed by atoms with Crippen molar-refractivity contribution < 1.29 is 24.0 Å². The van der Waals surface area contributed by atoms with Gasteiger partial charge in [0.1, 0.15) is 23.7 Å². The molecule has 1 aromatic heterocycles. The molecular weight excluding hydrogens is 440 g/mol. The lowest BCUT2D eigenvalue weighted by Crippen LogP contribution is -2.16. The molecule has 0 saturated heterocycles.